The van der Waals surface area contributed by atoms with Crippen LogP contribution >= 0.6 is 0 Å². The first-order valence-corrected chi connectivity index (χ1v) is 5.94. The van der Waals surface area contributed by atoms with Crippen molar-refractivity contribution in [1.82, 2.24) is 0 Å². The zero-order valence-corrected chi connectivity index (χ0v) is 10.5. The van der Waals surface area contributed by atoms with E-state index in [9.17, 15) is 4.79 Å². The highest BCUT2D eigenvalue weighted by molar-refractivity contribution is 5.78. The van der Waals surface area contributed by atoms with Gasteiger partial charge in [-0.3, -0.25) is 4.79 Å². The number of para-hydroxylation sites is 1. The Labute approximate surface area is 102 Å². The molecule has 94 valence electrons. The summed E-state index contributed by atoms with van der Waals surface area (Å²) in [7, 11) is 0. The maximum absolute atomic E-state index is 11.9. The Bertz CT molecular complexity index is 344. The van der Waals surface area contributed by atoms with Gasteiger partial charge in [-0.1, -0.05) is 24.6 Å². The Morgan fingerprint density at radius 1 is 1.24 bits per heavy atom. The van der Waals surface area contributed by atoms with Gasteiger partial charge in [-0.05, 0) is 38.8 Å². The fourth-order valence-corrected chi connectivity index (χ4v) is 1.51. The van der Waals surface area contributed by atoms with Crippen molar-refractivity contribution in [2.75, 3.05) is 6.61 Å². The minimum Gasteiger partial charge on any atom is -0.426 e. The van der Waals surface area contributed by atoms with E-state index in [0.29, 0.717) is 5.75 Å². The maximum Gasteiger partial charge on any atom is 0.316 e. The number of ether oxygens (including phenoxy) is 1. The third kappa shape index (κ3) is 4.57. The van der Waals surface area contributed by atoms with Crippen molar-refractivity contribution in [2.24, 2.45) is 5.41 Å². The van der Waals surface area contributed by atoms with E-state index >= 15 is 0 Å². The third-order valence-corrected chi connectivity index (χ3v) is 2.72. The number of carbonyl (C=O) groups is 1. The summed E-state index contributed by atoms with van der Waals surface area (Å²) in [5.74, 6) is 0.356. The van der Waals surface area contributed by atoms with Crippen LogP contribution < -0.4 is 4.74 Å². The van der Waals surface area contributed by atoms with Gasteiger partial charge in [-0.25, -0.2) is 0 Å². The molecule has 0 aliphatic rings. The second kappa shape index (κ2) is 6.40. The predicted molar refractivity (Wildman–Crippen MR) is 66.8 cm³/mol. The van der Waals surface area contributed by atoms with Gasteiger partial charge in [-0.2, -0.15) is 0 Å². The van der Waals surface area contributed by atoms with Crippen molar-refractivity contribution in [1.29, 1.82) is 0 Å². The van der Waals surface area contributed by atoms with E-state index in [-0.39, 0.29) is 12.6 Å². The van der Waals surface area contributed by atoms with Crippen molar-refractivity contribution in [3.05, 3.63) is 30.3 Å². The standard InChI is InChI=1S/C14H20O3/c1-14(2,10-6-7-11-15)13(16)17-12-8-4-3-5-9-12/h3-5,8-9,15H,6-7,10-11H2,1-2H3. The van der Waals surface area contributed by atoms with Crippen LogP contribution in [0.5, 0.6) is 5.75 Å². The number of hydrogen-bond acceptors (Lipinski definition) is 3. The van der Waals surface area contributed by atoms with Crippen LogP contribution in [-0.2, 0) is 4.79 Å². The molecule has 1 N–H and O–H groups in total. The molecule has 0 bridgehead atoms. The number of hydrogen-bond donors (Lipinski definition) is 1. The highest BCUT2D eigenvalue weighted by Gasteiger charge is 2.29. The second-order valence-electron chi connectivity index (χ2n) is 4.77. The van der Waals surface area contributed by atoms with Crippen LogP contribution in [0.3, 0.4) is 0 Å². The SMILES string of the molecule is CC(C)(CCCCO)C(=O)Oc1ccccc1. The minimum atomic E-state index is -0.509. The molecule has 0 aromatic heterocycles. The van der Waals surface area contributed by atoms with Crippen molar-refractivity contribution in [3.8, 4) is 5.75 Å². The lowest BCUT2D eigenvalue weighted by Gasteiger charge is -2.22. The zero-order chi connectivity index (χ0) is 12.7. The average Bonchev–Trinajstić information content (AvgIpc) is 2.30. The molecule has 0 unspecified atom stereocenters. The molecule has 0 aliphatic carbocycles. The number of esters is 1. The number of benzene rings is 1. The number of rotatable bonds is 6. The monoisotopic (exact) mass is 236 g/mol. The summed E-state index contributed by atoms with van der Waals surface area (Å²) in [5, 5.41) is 8.72. The van der Waals surface area contributed by atoms with Crippen LogP contribution in [-0.4, -0.2) is 17.7 Å². The molecule has 3 heteroatoms. The molecule has 0 amide bonds. The van der Waals surface area contributed by atoms with Crippen molar-refractivity contribution in [3.63, 3.8) is 0 Å². The van der Waals surface area contributed by atoms with Gasteiger partial charge in [-0.15, -0.1) is 0 Å². The Morgan fingerprint density at radius 2 is 1.88 bits per heavy atom. The zero-order valence-electron chi connectivity index (χ0n) is 10.5. The Morgan fingerprint density at radius 3 is 2.47 bits per heavy atom. The lowest BCUT2D eigenvalue weighted by Crippen LogP contribution is -2.29. The number of aliphatic hydroxyl groups excluding tert-OH is 1. The van der Waals surface area contributed by atoms with Crippen molar-refractivity contribution in [2.45, 2.75) is 33.1 Å². The fraction of sp³-hybridized carbons (Fsp3) is 0.500. The molecule has 0 spiro atoms. The number of aliphatic hydroxyl groups is 1. The van der Waals surface area contributed by atoms with Crippen molar-refractivity contribution < 1.29 is 14.6 Å². The lowest BCUT2D eigenvalue weighted by atomic mass is 9.87. The molecule has 17 heavy (non-hydrogen) atoms. The summed E-state index contributed by atoms with van der Waals surface area (Å²) in [6.07, 6.45) is 2.27. The normalized spacial score (nSPS) is 11.2. The molecule has 1 aromatic rings. The van der Waals surface area contributed by atoms with Gasteiger partial charge < -0.3 is 9.84 Å². The molecule has 0 heterocycles. The Balaban J connectivity index is 2.51. The first-order valence-electron chi connectivity index (χ1n) is 5.94. The van der Waals surface area contributed by atoms with E-state index in [0.717, 1.165) is 19.3 Å². The van der Waals surface area contributed by atoms with E-state index in [1.165, 1.54) is 0 Å². The molecular weight excluding hydrogens is 216 g/mol. The van der Waals surface area contributed by atoms with E-state index < -0.39 is 5.41 Å². The molecule has 1 aromatic carbocycles. The molecular formula is C14H20O3. The summed E-state index contributed by atoms with van der Waals surface area (Å²) in [4.78, 5) is 11.9. The first kappa shape index (κ1) is 13.7. The summed E-state index contributed by atoms with van der Waals surface area (Å²) in [5.41, 5.74) is -0.509. The van der Waals surface area contributed by atoms with Crippen LogP contribution in [0.2, 0.25) is 0 Å². The highest BCUT2D eigenvalue weighted by atomic mass is 16.5. The van der Waals surface area contributed by atoms with E-state index in [1.807, 2.05) is 32.0 Å². The van der Waals surface area contributed by atoms with Crippen LogP contribution in [0.25, 0.3) is 0 Å². The lowest BCUT2D eigenvalue weighted by molar-refractivity contribution is -0.144. The molecule has 0 radical (unpaired) electrons. The van der Waals surface area contributed by atoms with Gasteiger partial charge in [0, 0.05) is 6.61 Å². The molecule has 0 saturated heterocycles. The fourth-order valence-electron chi connectivity index (χ4n) is 1.51. The third-order valence-electron chi connectivity index (χ3n) is 2.72. The summed E-state index contributed by atoms with van der Waals surface area (Å²) < 4.78 is 5.31. The van der Waals surface area contributed by atoms with Crippen LogP contribution in [0, 0.1) is 5.41 Å². The number of carbonyl (C=O) groups excluding carboxylic acids is 1. The maximum atomic E-state index is 11.9. The van der Waals surface area contributed by atoms with Gasteiger partial charge in [0.2, 0.25) is 0 Å². The van der Waals surface area contributed by atoms with Gasteiger partial charge in [0.05, 0.1) is 5.41 Å². The average molecular weight is 236 g/mol. The van der Waals surface area contributed by atoms with E-state index in [2.05, 4.69) is 0 Å². The van der Waals surface area contributed by atoms with Gasteiger partial charge >= 0.3 is 5.97 Å². The second-order valence-corrected chi connectivity index (χ2v) is 4.77. The van der Waals surface area contributed by atoms with Crippen LogP contribution in [0.1, 0.15) is 33.1 Å². The molecule has 0 fully saturated rings. The van der Waals surface area contributed by atoms with E-state index in [1.54, 1.807) is 12.1 Å². The summed E-state index contributed by atoms with van der Waals surface area (Å²) in [6, 6.07) is 9.08. The van der Waals surface area contributed by atoms with E-state index in [4.69, 9.17) is 9.84 Å². The molecule has 0 aliphatic heterocycles. The molecule has 0 atom stereocenters. The van der Waals surface area contributed by atoms with Crippen molar-refractivity contribution >= 4 is 5.97 Å². The minimum absolute atomic E-state index is 0.170. The predicted octanol–water partition coefficient (Wildman–Crippen LogP) is 2.78. The van der Waals surface area contributed by atoms with Gasteiger partial charge in [0.15, 0.2) is 0 Å². The first-order chi connectivity index (χ1) is 8.06. The largest absolute Gasteiger partial charge is 0.426 e. The van der Waals surface area contributed by atoms with Gasteiger partial charge in [0.25, 0.3) is 0 Å². The quantitative estimate of drug-likeness (QED) is 0.469. The molecule has 3 nitrogen and oxygen atoms in total. The van der Waals surface area contributed by atoms with Crippen LogP contribution in [0.4, 0.5) is 0 Å². The van der Waals surface area contributed by atoms with Crippen LogP contribution in [0.15, 0.2) is 30.3 Å². The van der Waals surface area contributed by atoms with Gasteiger partial charge in [0.1, 0.15) is 5.75 Å². The topological polar surface area (TPSA) is 46.5 Å². The highest BCUT2D eigenvalue weighted by Crippen LogP contribution is 2.26. The smallest absolute Gasteiger partial charge is 0.316 e. The molecule has 0 saturated carbocycles. The summed E-state index contributed by atoms with van der Waals surface area (Å²) >= 11 is 0. The Kier molecular flexibility index (Phi) is 5.16. The molecule has 1 rings (SSSR count). The summed E-state index contributed by atoms with van der Waals surface area (Å²) in [6.45, 7) is 3.91. The number of unbranched alkanes of at least 4 members (excludes halogenated alkanes) is 1. The Hall–Kier alpha value is -1.35.